The molecule has 1 fully saturated rings. The van der Waals surface area contributed by atoms with Crippen molar-refractivity contribution in [3.8, 4) is 5.75 Å². The van der Waals surface area contributed by atoms with Gasteiger partial charge < -0.3 is 19.8 Å². The Bertz CT molecular complexity index is 751. The van der Waals surface area contributed by atoms with E-state index in [9.17, 15) is 9.90 Å². The lowest BCUT2D eigenvalue weighted by Gasteiger charge is -2.05. The molecule has 0 saturated heterocycles. The molecule has 1 aliphatic rings. The van der Waals surface area contributed by atoms with Gasteiger partial charge in [-0.25, -0.2) is 4.57 Å². The van der Waals surface area contributed by atoms with Crippen LogP contribution >= 0.6 is 7.82 Å². The first-order valence-electron chi connectivity index (χ1n) is 8.57. The van der Waals surface area contributed by atoms with Gasteiger partial charge in [-0.3, -0.25) is 4.79 Å². The van der Waals surface area contributed by atoms with Crippen LogP contribution in [0.5, 0.6) is 5.75 Å². The molecule has 4 N–H and O–H groups in total. The van der Waals surface area contributed by atoms with Gasteiger partial charge in [-0.1, -0.05) is 67.1 Å². The molecule has 0 bridgehead atoms. The molecule has 2 aromatic rings. The molecule has 146 valence electrons. The lowest BCUT2D eigenvalue weighted by molar-refractivity contribution is -0.120. The summed E-state index contributed by atoms with van der Waals surface area (Å²) in [6.45, 7) is 0. The largest absolute Gasteiger partial charge is 0.507 e. The van der Waals surface area contributed by atoms with Gasteiger partial charge in [0.25, 0.3) is 0 Å². The van der Waals surface area contributed by atoms with Crippen molar-refractivity contribution >= 4 is 25.8 Å². The summed E-state index contributed by atoms with van der Waals surface area (Å²) in [6, 6.07) is 17.3. The molecule has 27 heavy (non-hydrogen) atoms. The molecule has 0 unspecified atom stereocenters. The van der Waals surface area contributed by atoms with Crippen molar-refractivity contribution < 1.29 is 29.1 Å². The highest BCUT2D eigenvalue weighted by molar-refractivity contribution is 7.45. The number of carbonyl (C=O) groups is 1. The Labute approximate surface area is 159 Å². The second-order valence-corrected chi connectivity index (χ2v) is 6.94. The van der Waals surface area contributed by atoms with E-state index in [1.807, 2.05) is 60.7 Å². The van der Waals surface area contributed by atoms with Crippen LogP contribution in [0, 0.1) is 0 Å². The van der Waals surface area contributed by atoms with Gasteiger partial charge in [0.1, 0.15) is 11.5 Å². The third-order valence-electron chi connectivity index (χ3n) is 3.60. The molecule has 0 aliphatic heterocycles. The number of phosphoric acid groups is 1. The maximum atomic E-state index is 10.5. The Morgan fingerprint density at radius 1 is 0.778 bits per heavy atom. The highest BCUT2D eigenvalue weighted by atomic mass is 31.2. The van der Waals surface area contributed by atoms with E-state index in [0.29, 0.717) is 11.5 Å². The Balaban J connectivity index is 0.000000252. The van der Waals surface area contributed by atoms with Crippen LogP contribution in [-0.2, 0) is 9.36 Å². The molecule has 0 amide bonds. The van der Waals surface area contributed by atoms with E-state index in [2.05, 4.69) is 0 Å². The summed E-state index contributed by atoms with van der Waals surface area (Å²) in [5.41, 5.74) is 1.96. The standard InChI is InChI=1S/C14H12O.C6H10O.H3O4P/c15-14-9-5-4-8-13(14)11-10-12-6-2-1-3-7-12;7-6-4-2-1-3-5-6;1-5(2,3)4/h1-11,15H;1-5H2;(H3,1,2,3,4). The van der Waals surface area contributed by atoms with Gasteiger partial charge in [0, 0.05) is 18.4 Å². The molecule has 0 radical (unpaired) electrons. The number of aromatic hydroxyl groups is 1. The van der Waals surface area contributed by atoms with E-state index < -0.39 is 7.82 Å². The second-order valence-electron chi connectivity index (χ2n) is 5.92. The first-order chi connectivity index (χ1) is 12.8. The minimum atomic E-state index is -4.64. The summed E-state index contributed by atoms with van der Waals surface area (Å²) in [4.78, 5) is 32.0. The molecule has 2 aromatic carbocycles. The zero-order valence-electron chi connectivity index (χ0n) is 14.9. The quantitative estimate of drug-likeness (QED) is 0.451. The molecule has 7 heteroatoms. The highest BCUT2D eigenvalue weighted by Crippen LogP contribution is 2.25. The lowest BCUT2D eigenvalue weighted by atomic mass is 10.00. The minimum Gasteiger partial charge on any atom is -0.507 e. The van der Waals surface area contributed by atoms with Gasteiger partial charge in [0.05, 0.1) is 0 Å². The van der Waals surface area contributed by atoms with E-state index in [-0.39, 0.29) is 0 Å². The number of para-hydroxylation sites is 1. The van der Waals surface area contributed by atoms with Crippen molar-refractivity contribution in [2.24, 2.45) is 0 Å². The summed E-state index contributed by atoms with van der Waals surface area (Å²) in [5.74, 6) is 0.774. The molecule has 6 nitrogen and oxygen atoms in total. The predicted octanol–water partition coefficient (Wildman–Crippen LogP) is 4.15. The number of Topliss-reactive ketones (excluding diaryl/α,β-unsaturated/α-hetero) is 1. The summed E-state index contributed by atoms with van der Waals surface area (Å²) >= 11 is 0. The summed E-state index contributed by atoms with van der Waals surface area (Å²) < 4.78 is 8.88. The van der Waals surface area contributed by atoms with Crippen LogP contribution in [0.25, 0.3) is 12.2 Å². The molecule has 0 atom stereocenters. The maximum Gasteiger partial charge on any atom is 0.466 e. The molecule has 1 aliphatic carbocycles. The zero-order valence-corrected chi connectivity index (χ0v) is 15.8. The Kier molecular flexibility index (Phi) is 10.3. The first kappa shape index (κ1) is 22.8. The number of carbonyl (C=O) groups excluding carboxylic acids is 1. The van der Waals surface area contributed by atoms with Crippen LogP contribution < -0.4 is 0 Å². The van der Waals surface area contributed by atoms with Crippen LogP contribution in [0.3, 0.4) is 0 Å². The van der Waals surface area contributed by atoms with Gasteiger partial charge in [0.2, 0.25) is 0 Å². The van der Waals surface area contributed by atoms with Gasteiger partial charge in [-0.2, -0.15) is 0 Å². The molecular weight excluding hydrogens is 367 g/mol. The number of rotatable bonds is 2. The SMILES string of the molecule is O=C1CCCCC1.O=P(O)(O)O.Oc1ccccc1C=Cc1ccccc1. The molecule has 0 spiro atoms. The number of ketones is 1. The molecule has 3 rings (SSSR count). The fourth-order valence-electron chi connectivity index (χ4n) is 2.32. The van der Waals surface area contributed by atoms with Crippen LogP contribution in [-0.4, -0.2) is 25.6 Å². The number of phenolic OH excluding ortho intramolecular Hbond substituents is 1. The van der Waals surface area contributed by atoms with E-state index in [0.717, 1.165) is 36.8 Å². The van der Waals surface area contributed by atoms with Gasteiger partial charge in [-0.05, 0) is 24.5 Å². The Hall–Kier alpha value is -2.24. The molecule has 0 heterocycles. The van der Waals surface area contributed by atoms with E-state index in [1.54, 1.807) is 6.07 Å². The van der Waals surface area contributed by atoms with E-state index in [1.165, 1.54) is 6.42 Å². The monoisotopic (exact) mass is 392 g/mol. The Morgan fingerprint density at radius 2 is 1.30 bits per heavy atom. The summed E-state index contributed by atoms with van der Waals surface area (Å²) in [5, 5.41) is 9.54. The van der Waals surface area contributed by atoms with Crippen LogP contribution in [0.15, 0.2) is 54.6 Å². The first-order valence-corrected chi connectivity index (χ1v) is 10.1. The van der Waals surface area contributed by atoms with Crippen molar-refractivity contribution in [1.82, 2.24) is 0 Å². The average molecular weight is 392 g/mol. The number of hydrogen-bond donors (Lipinski definition) is 4. The van der Waals surface area contributed by atoms with E-state index in [4.69, 9.17) is 19.2 Å². The fraction of sp³-hybridized carbons (Fsp3) is 0.250. The number of phenols is 1. The third kappa shape index (κ3) is 12.7. The van der Waals surface area contributed by atoms with E-state index >= 15 is 0 Å². The number of benzene rings is 2. The number of hydrogen-bond acceptors (Lipinski definition) is 3. The van der Waals surface area contributed by atoms with Crippen molar-refractivity contribution in [3.05, 3.63) is 65.7 Å². The predicted molar refractivity (Wildman–Crippen MR) is 106 cm³/mol. The van der Waals surface area contributed by atoms with Crippen molar-refractivity contribution in [2.45, 2.75) is 32.1 Å². The van der Waals surface area contributed by atoms with Crippen molar-refractivity contribution in [2.75, 3.05) is 0 Å². The zero-order chi connectivity index (χ0) is 20.1. The summed E-state index contributed by atoms with van der Waals surface area (Å²) in [7, 11) is -4.64. The lowest BCUT2D eigenvalue weighted by Crippen LogP contribution is -2.02. The van der Waals surface area contributed by atoms with Gasteiger partial charge in [0.15, 0.2) is 0 Å². The third-order valence-corrected chi connectivity index (χ3v) is 3.60. The minimum absolute atomic E-state index is 0.310. The van der Waals surface area contributed by atoms with Gasteiger partial charge >= 0.3 is 7.82 Å². The Morgan fingerprint density at radius 3 is 1.78 bits per heavy atom. The van der Waals surface area contributed by atoms with Crippen molar-refractivity contribution in [3.63, 3.8) is 0 Å². The van der Waals surface area contributed by atoms with Crippen LogP contribution in [0.1, 0.15) is 43.2 Å². The van der Waals surface area contributed by atoms with Crippen molar-refractivity contribution in [1.29, 1.82) is 0 Å². The molecular formula is C20H25O6P. The summed E-state index contributed by atoms with van der Waals surface area (Å²) in [6.07, 6.45) is 9.13. The average Bonchev–Trinajstić information content (AvgIpc) is 2.62. The van der Waals surface area contributed by atoms with Crippen LogP contribution in [0.2, 0.25) is 0 Å². The van der Waals surface area contributed by atoms with Gasteiger partial charge in [-0.15, -0.1) is 0 Å². The van der Waals surface area contributed by atoms with Crippen LogP contribution in [0.4, 0.5) is 0 Å². The topological polar surface area (TPSA) is 115 Å². The normalized spacial score (nSPS) is 14.0. The maximum absolute atomic E-state index is 10.5. The smallest absolute Gasteiger partial charge is 0.466 e. The second kappa shape index (κ2) is 12.2. The molecule has 0 aromatic heterocycles. The molecule has 1 saturated carbocycles. The highest BCUT2D eigenvalue weighted by Gasteiger charge is 2.06. The fourth-order valence-corrected chi connectivity index (χ4v) is 2.32.